The van der Waals surface area contributed by atoms with E-state index < -0.39 is 0 Å². The highest BCUT2D eigenvalue weighted by Gasteiger charge is 2.24. The summed E-state index contributed by atoms with van der Waals surface area (Å²) in [6, 6.07) is 11.8. The van der Waals surface area contributed by atoms with Crippen LogP contribution < -0.4 is 5.32 Å². The predicted molar refractivity (Wildman–Crippen MR) is 107 cm³/mol. The fourth-order valence-electron chi connectivity index (χ4n) is 3.65. The van der Waals surface area contributed by atoms with Crippen molar-refractivity contribution in [1.82, 2.24) is 14.9 Å². The lowest BCUT2D eigenvalue weighted by Crippen LogP contribution is -2.38. The molecular formula is C20H21BrN4O. The monoisotopic (exact) mass is 412 g/mol. The number of fused-ring (bicyclic) bond motifs is 1. The lowest BCUT2D eigenvalue weighted by molar-refractivity contribution is -0.117. The van der Waals surface area contributed by atoms with E-state index in [1.165, 1.54) is 10.9 Å². The first-order valence-corrected chi connectivity index (χ1v) is 9.68. The van der Waals surface area contributed by atoms with Gasteiger partial charge in [-0.05, 0) is 73.8 Å². The number of aromatic amines is 1. The largest absolute Gasteiger partial charge is 0.346 e. The molecule has 3 aromatic rings. The Morgan fingerprint density at radius 2 is 2.00 bits per heavy atom. The van der Waals surface area contributed by atoms with Crippen LogP contribution in [0.25, 0.3) is 11.0 Å². The molecule has 1 amide bonds. The SMILES string of the molecule is O=C(CN1CCC(c2c[nH]c3ncccc23)CC1)Nc1ccc(Br)cc1. The number of rotatable bonds is 4. The van der Waals surface area contributed by atoms with Gasteiger partial charge in [-0.15, -0.1) is 0 Å². The fraction of sp³-hybridized carbons (Fsp3) is 0.300. The number of carbonyl (C=O) groups excluding carboxylic acids is 1. The number of benzene rings is 1. The second-order valence-corrected chi connectivity index (χ2v) is 7.66. The lowest BCUT2D eigenvalue weighted by Gasteiger charge is -2.31. The van der Waals surface area contributed by atoms with Gasteiger partial charge in [0, 0.05) is 27.9 Å². The number of nitrogens with one attached hydrogen (secondary N) is 2. The molecule has 1 saturated heterocycles. The molecule has 0 radical (unpaired) electrons. The Morgan fingerprint density at radius 1 is 1.23 bits per heavy atom. The van der Waals surface area contributed by atoms with Gasteiger partial charge in [-0.3, -0.25) is 9.69 Å². The van der Waals surface area contributed by atoms with Crippen LogP contribution in [0.1, 0.15) is 24.3 Å². The minimum atomic E-state index is 0.0436. The molecule has 1 fully saturated rings. The van der Waals surface area contributed by atoms with Crippen LogP contribution in [-0.4, -0.2) is 40.4 Å². The zero-order valence-electron chi connectivity index (χ0n) is 14.4. The van der Waals surface area contributed by atoms with Crippen LogP contribution in [0.3, 0.4) is 0 Å². The van der Waals surface area contributed by atoms with Crippen LogP contribution in [0.15, 0.2) is 53.3 Å². The van der Waals surface area contributed by atoms with Crippen molar-refractivity contribution < 1.29 is 4.79 Å². The van der Waals surface area contributed by atoms with Crippen LogP contribution in [0.4, 0.5) is 5.69 Å². The molecule has 0 saturated carbocycles. The number of nitrogens with zero attached hydrogens (tertiary/aromatic N) is 2. The van der Waals surface area contributed by atoms with Crippen molar-refractivity contribution in [2.75, 3.05) is 25.0 Å². The molecule has 2 aromatic heterocycles. The minimum Gasteiger partial charge on any atom is -0.346 e. The molecule has 0 aliphatic carbocycles. The van der Waals surface area contributed by atoms with Gasteiger partial charge in [-0.1, -0.05) is 15.9 Å². The Bertz CT molecular complexity index is 898. The number of hydrogen-bond donors (Lipinski definition) is 2. The molecule has 0 spiro atoms. The van der Waals surface area contributed by atoms with E-state index in [4.69, 9.17) is 0 Å². The molecule has 3 heterocycles. The van der Waals surface area contributed by atoms with Crippen molar-refractivity contribution in [3.05, 3.63) is 58.8 Å². The van der Waals surface area contributed by atoms with E-state index in [2.05, 4.69) is 48.4 Å². The molecule has 5 nitrogen and oxygen atoms in total. The van der Waals surface area contributed by atoms with Crippen molar-refractivity contribution in [2.24, 2.45) is 0 Å². The maximum Gasteiger partial charge on any atom is 0.238 e. The standard InChI is InChI=1S/C20H21BrN4O/c21-15-3-5-16(6-4-15)24-19(26)13-25-10-7-14(8-11-25)18-12-23-20-17(18)2-1-9-22-20/h1-6,9,12,14H,7-8,10-11,13H2,(H,22,23)(H,24,26). The number of pyridine rings is 1. The molecule has 0 atom stereocenters. The highest BCUT2D eigenvalue weighted by atomic mass is 79.9. The van der Waals surface area contributed by atoms with E-state index in [0.717, 1.165) is 41.7 Å². The molecule has 0 bridgehead atoms. The van der Waals surface area contributed by atoms with Gasteiger partial charge >= 0.3 is 0 Å². The summed E-state index contributed by atoms with van der Waals surface area (Å²) in [6.45, 7) is 2.31. The molecule has 4 rings (SSSR count). The smallest absolute Gasteiger partial charge is 0.238 e. The maximum absolute atomic E-state index is 12.3. The van der Waals surface area contributed by atoms with Crippen LogP contribution in [0, 0.1) is 0 Å². The molecule has 26 heavy (non-hydrogen) atoms. The van der Waals surface area contributed by atoms with Crippen molar-refractivity contribution in [1.29, 1.82) is 0 Å². The highest BCUT2D eigenvalue weighted by molar-refractivity contribution is 9.10. The van der Waals surface area contributed by atoms with E-state index in [1.54, 1.807) is 0 Å². The summed E-state index contributed by atoms with van der Waals surface area (Å²) in [5, 5.41) is 4.19. The van der Waals surface area contributed by atoms with Crippen molar-refractivity contribution in [2.45, 2.75) is 18.8 Å². The summed E-state index contributed by atoms with van der Waals surface area (Å²) in [4.78, 5) is 22.1. The van der Waals surface area contributed by atoms with Crippen LogP contribution in [-0.2, 0) is 4.79 Å². The van der Waals surface area contributed by atoms with E-state index in [0.29, 0.717) is 12.5 Å². The van der Waals surface area contributed by atoms with Gasteiger partial charge in [0.15, 0.2) is 0 Å². The highest BCUT2D eigenvalue weighted by Crippen LogP contribution is 2.32. The van der Waals surface area contributed by atoms with Gasteiger partial charge in [0.05, 0.1) is 6.54 Å². The maximum atomic E-state index is 12.3. The van der Waals surface area contributed by atoms with Crippen LogP contribution >= 0.6 is 15.9 Å². The first-order chi connectivity index (χ1) is 12.7. The number of halogens is 1. The van der Waals surface area contributed by atoms with Crippen molar-refractivity contribution in [3.8, 4) is 0 Å². The molecule has 2 N–H and O–H groups in total. The van der Waals surface area contributed by atoms with E-state index in [9.17, 15) is 4.79 Å². The number of likely N-dealkylation sites (tertiary alicyclic amines) is 1. The minimum absolute atomic E-state index is 0.0436. The molecule has 1 aliphatic heterocycles. The summed E-state index contributed by atoms with van der Waals surface area (Å²) >= 11 is 3.40. The van der Waals surface area contributed by atoms with Gasteiger partial charge in [0.25, 0.3) is 0 Å². The second kappa shape index (κ2) is 7.60. The molecule has 1 aromatic carbocycles. The van der Waals surface area contributed by atoms with Gasteiger partial charge < -0.3 is 10.3 Å². The molecule has 6 heteroatoms. The van der Waals surface area contributed by atoms with Crippen LogP contribution in [0.2, 0.25) is 0 Å². The zero-order chi connectivity index (χ0) is 17.9. The van der Waals surface area contributed by atoms with Gasteiger partial charge in [0.1, 0.15) is 5.65 Å². The summed E-state index contributed by atoms with van der Waals surface area (Å²) in [6.07, 6.45) is 6.04. The molecule has 1 aliphatic rings. The van der Waals surface area contributed by atoms with Gasteiger partial charge in [0.2, 0.25) is 5.91 Å². The molecular weight excluding hydrogens is 392 g/mol. The quantitative estimate of drug-likeness (QED) is 0.676. The fourth-order valence-corrected chi connectivity index (χ4v) is 3.92. The Morgan fingerprint density at radius 3 is 2.77 bits per heavy atom. The number of piperidine rings is 1. The Labute approximate surface area is 160 Å². The van der Waals surface area contributed by atoms with Crippen molar-refractivity contribution >= 4 is 38.6 Å². The van der Waals surface area contributed by atoms with Gasteiger partial charge in [-0.2, -0.15) is 0 Å². The van der Waals surface area contributed by atoms with Gasteiger partial charge in [-0.25, -0.2) is 4.98 Å². The van der Waals surface area contributed by atoms with E-state index in [-0.39, 0.29) is 5.91 Å². The average molecular weight is 413 g/mol. The first-order valence-electron chi connectivity index (χ1n) is 8.89. The number of aromatic nitrogens is 2. The number of hydrogen-bond acceptors (Lipinski definition) is 3. The Balaban J connectivity index is 1.32. The van der Waals surface area contributed by atoms with E-state index in [1.807, 2.05) is 36.5 Å². The second-order valence-electron chi connectivity index (χ2n) is 6.75. The summed E-state index contributed by atoms with van der Waals surface area (Å²) in [7, 11) is 0. The summed E-state index contributed by atoms with van der Waals surface area (Å²) in [5.74, 6) is 0.570. The third kappa shape index (κ3) is 3.81. The predicted octanol–water partition coefficient (Wildman–Crippen LogP) is 4.14. The third-order valence-electron chi connectivity index (χ3n) is 5.01. The van der Waals surface area contributed by atoms with Crippen molar-refractivity contribution in [3.63, 3.8) is 0 Å². The Hall–Kier alpha value is -2.18. The molecule has 134 valence electrons. The average Bonchev–Trinajstić information content (AvgIpc) is 3.08. The first kappa shape index (κ1) is 17.2. The topological polar surface area (TPSA) is 61.0 Å². The van der Waals surface area contributed by atoms with E-state index >= 15 is 0 Å². The number of carbonyl (C=O) groups is 1. The summed E-state index contributed by atoms with van der Waals surface area (Å²) in [5.41, 5.74) is 3.14. The lowest BCUT2D eigenvalue weighted by atomic mass is 9.89. The number of anilines is 1. The zero-order valence-corrected chi connectivity index (χ0v) is 16.0. The number of H-pyrrole nitrogens is 1. The molecule has 0 unspecified atom stereocenters. The van der Waals surface area contributed by atoms with Crippen LogP contribution in [0.5, 0.6) is 0 Å². The Kier molecular flexibility index (Phi) is 5.04. The number of amides is 1. The third-order valence-corrected chi connectivity index (χ3v) is 5.53. The normalized spacial score (nSPS) is 16.0. The summed E-state index contributed by atoms with van der Waals surface area (Å²) < 4.78 is 1.00.